The van der Waals surface area contributed by atoms with Crippen molar-refractivity contribution in [3.05, 3.63) is 83.9 Å². The van der Waals surface area contributed by atoms with Crippen LogP contribution in [0.1, 0.15) is 20.7 Å². The van der Waals surface area contributed by atoms with Crippen molar-refractivity contribution in [3.63, 3.8) is 0 Å². The van der Waals surface area contributed by atoms with Crippen LogP contribution >= 0.6 is 0 Å². The molecule has 2 aromatic rings. The Kier molecular flexibility index (Phi) is 6.34. The van der Waals surface area contributed by atoms with Crippen LogP contribution in [0.5, 0.6) is 0 Å². The van der Waals surface area contributed by atoms with Crippen molar-refractivity contribution in [3.8, 4) is 0 Å². The molecule has 0 bridgehead atoms. The van der Waals surface area contributed by atoms with E-state index in [4.69, 9.17) is 9.47 Å². The Morgan fingerprint density at radius 2 is 1.32 bits per heavy atom. The van der Waals surface area contributed by atoms with E-state index in [1.165, 1.54) is 12.2 Å². The molecule has 3 atom stereocenters. The van der Waals surface area contributed by atoms with Crippen molar-refractivity contribution >= 4 is 17.7 Å². The van der Waals surface area contributed by atoms with E-state index in [1.807, 2.05) is 0 Å². The number of aliphatic hydroxyl groups is 1. The van der Waals surface area contributed by atoms with Crippen LogP contribution in [0, 0.1) is 11.8 Å². The highest BCUT2D eigenvalue weighted by Crippen LogP contribution is 2.25. The van der Waals surface area contributed by atoms with Crippen molar-refractivity contribution in [2.75, 3.05) is 13.2 Å². The Balaban J connectivity index is 1.64. The second-order valence-corrected chi connectivity index (χ2v) is 6.45. The first-order chi connectivity index (χ1) is 13.6. The lowest BCUT2D eigenvalue weighted by Gasteiger charge is -2.30. The smallest absolute Gasteiger partial charge is 0.338 e. The second-order valence-electron chi connectivity index (χ2n) is 6.45. The van der Waals surface area contributed by atoms with Gasteiger partial charge in [0.15, 0.2) is 5.78 Å². The maximum Gasteiger partial charge on any atom is 0.338 e. The van der Waals surface area contributed by atoms with Crippen molar-refractivity contribution in [1.29, 1.82) is 0 Å². The summed E-state index contributed by atoms with van der Waals surface area (Å²) in [5.41, 5.74) is 0.746. The van der Waals surface area contributed by atoms with Gasteiger partial charge in [-0.1, -0.05) is 42.5 Å². The van der Waals surface area contributed by atoms with Crippen LogP contribution in [-0.4, -0.2) is 42.1 Å². The number of esters is 2. The molecule has 0 aromatic heterocycles. The number of ether oxygens (including phenoxy) is 2. The van der Waals surface area contributed by atoms with Gasteiger partial charge in [0.25, 0.3) is 0 Å². The van der Waals surface area contributed by atoms with Crippen LogP contribution in [0.4, 0.5) is 0 Å². The zero-order chi connectivity index (χ0) is 19.9. The summed E-state index contributed by atoms with van der Waals surface area (Å²) in [7, 11) is 0. The quantitative estimate of drug-likeness (QED) is 0.774. The molecule has 0 radical (unpaired) electrons. The van der Waals surface area contributed by atoms with E-state index in [0.717, 1.165) is 0 Å². The molecule has 144 valence electrons. The molecule has 28 heavy (non-hydrogen) atoms. The van der Waals surface area contributed by atoms with Gasteiger partial charge in [-0.2, -0.15) is 0 Å². The number of carbonyl (C=O) groups is 3. The molecule has 0 fully saturated rings. The predicted molar refractivity (Wildman–Crippen MR) is 101 cm³/mol. The van der Waals surface area contributed by atoms with Crippen LogP contribution in [0.15, 0.2) is 72.8 Å². The molecule has 0 heterocycles. The third-order valence-corrected chi connectivity index (χ3v) is 4.60. The fraction of sp³-hybridized carbons (Fsp3) is 0.227. The van der Waals surface area contributed by atoms with E-state index in [2.05, 4.69) is 0 Å². The maximum absolute atomic E-state index is 12.3. The first kappa shape index (κ1) is 19.5. The number of aliphatic hydroxyl groups excluding tert-OH is 1. The first-order valence-corrected chi connectivity index (χ1v) is 8.90. The van der Waals surface area contributed by atoms with E-state index in [0.29, 0.717) is 11.1 Å². The van der Waals surface area contributed by atoms with Crippen LogP contribution in [0.25, 0.3) is 0 Å². The van der Waals surface area contributed by atoms with Gasteiger partial charge in [-0.3, -0.25) is 4.79 Å². The lowest BCUT2D eigenvalue weighted by atomic mass is 9.81. The molecule has 6 nitrogen and oxygen atoms in total. The van der Waals surface area contributed by atoms with E-state index in [9.17, 15) is 19.5 Å². The van der Waals surface area contributed by atoms with Crippen molar-refractivity contribution in [2.45, 2.75) is 6.10 Å². The summed E-state index contributed by atoms with van der Waals surface area (Å²) in [5, 5.41) is 10.3. The molecule has 1 N–H and O–H groups in total. The molecule has 0 amide bonds. The summed E-state index contributed by atoms with van der Waals surface area (Å²) in [6, 6.07) is 16.9. The average molecular weight is 380 g/mol. The van der Waals surface area contributed by atoms with E-state index in [-0.39, 0.29) is 19.0 Å². The Hall–Kier alpha value is -3.25. The normalized spacial score (nSPS) is 21.2. The Bertz CT molecular complexity index is 859. The molecular weight excluding hydrogens is 360 g/mol. The molecular formula is C22H20O6. The Morgan fingerprint density at radius 1 is 0.821 bits per heavy atom. The number of hydrogen-bond donors (Lipinski definition) is 1. The number of benzene rings is 2. The standard InChI is InChI=1S/C22H20O6/c23-19-11-12-20(24)18(14-28-22(26)16-9-5-2-6-10-16)17(19)13-27-21(25)15-7-3-1-4-8-15/h1-12,17-19,23H,13-14H2/t17-,18+,19-/m0/s1. The van der Waals surface area contributed by atoms with Crippen LogP contribution in [0.3, 0.4) is 0 Å². The lowest BCUT2D eigenvalue weighted by molar-refractivity contribution is -0.125. The third kappa shape index (κ3) is 4.72. The zero-order valence-corrected chi connectivity index (χ0v) is 15.1. The van der Waals surface area contributed by atoms with E-state index in [1.54, 1.807) is 60.7 Å². The molecule has 0 saturated heterocycles. The molecule has 0 saturated carbocycles. The molecule has 1 aliphatic rings. The summed E-state index contributed by atoms with van der Waals surface area (Å²) in [6.45, 7) is -0.375. The highest BCUT2D eigenvalue weighted by Gasteiger charge is 2.37. The van der Waals surface area contributed by atoms with Gasteiger partial charge in [0.05, 0.1) is 29.8 Å². The van der Waals surface area contributed by atoms with Gasteiger partial charge in [-0.15, -0.1) is 0 Å². The number of carbonyl (C=O) groups excluding carboxylic acids is 3. The summed E-state index contributed by atoms with van der Waals surface area (Å²) in [4.78, 5) is 36.6. The molecule has 1 aliphatic carbocycles. The maximum atomic E-state index is 12.3. The van der Waals surface area contributed by atoms with Crippen molar-refractivity contribution in [1.82, 2.24) is 0 Å². The highest BCUT2D eigenvalue weighted by atomic mass is 16.5. The van der Waals surface area contributed by atoms with Crippen LogP contribution in [-0.2, 0) is 14.3 Å². The minimum atomic E-state index is -0.985. The van der Waals surface area contributed by atoms with Crippen molar-refractivity contribution in [2.24, 2.45) is 11.8 Å². The molecule has 0 aliphatic heterocycles. The van der Waals surface area contributed by atoms with Gasteiger partial charge < -0.3 is 14.6 Å². The Morgan fingerprint density at radius 3 is 1.86 bits per heavy atom. The highest BCUT2D eigenvalue weighted by molar-refractivity contribution is 5.94. The number of hydrogen-bond acceptors (Lipinski definition) is 6. The third-order valence-electron chi connectivity index (χ3n) is 4.60. The summed E-state index contributed by atoms with van der Waals surface area (Å²) < 4.78 is 10.5. The number of ketones is 1. The van der Waals surface area contributed by atoms with Crippen molar-refractivity contribution < 1.29 is 29.0 Å². The number of rotatable bonds is 6. The minimum Gasteiger partial charge on any atom is -0.462 e. The minimum absolute atomic E-state index is 0.168. The molecule has 0 spiro atoms. The topological polar surface area (TPSA) is 89.9 Å². The van der Waals surface area contributed by atoms with Gasteiger partial charge in [0.1, 0.15) is 6.61 Å². The molecule has 2 aromatic carbocycles. The van der Waals surface area contributed by atoms with E-state index < -0.39 is 29.9 Å². The van der Waals surface area contributed by atoms with Gasteiger partial charge in [0, 0.05) is 5.92 Å². The molecule has 3 rings (SSSR count). The fourth-order valence-electron chi connectivity index (χ4n) is 2.98. The van der Waals surface area contributed by atoms with E-state index >= 15 is 0 Å². The fourth-order valence-corrected chi connectivity index (χ4v) is 2.98. The molecule has 0 unspecified atom stereocenters. The monoisotopic (exact) mass is 380 g/mol. The summed E-state index contributed by atoms with van der Waals surface area (Å²) in [5.74, 6) is -2.89. The summed E-state index contributed by atoms with van der Waals surface area (Å²) in [6.07, 6.45) is 1.64. The second kappa shape index (κ2) is 9.10. The van der Waals surface area contributed by atoms with Gasteiger partial charge in [-0.25, -0.2) is 9.59 Å². The largest absolute Gasteiger partial charge is 0.462 e. The first-order valence-electron chi connectivity index (χ1n) is 8.90. The van der Waals surface area contributed by atoms with Crippen LogP contribution < -0.4 is 0 Å². The molecule has 6 heteroatoms. The van der Waals surface area contributed by atoms with Gasteiger partial charge in [-0.05, 0) is 30.3 Å². The zero-order valence-electron chi connectivity index (χ0n) is 15.1. The predicted octanol–water partition coefficient (Wildman–Crippen LogP) is 2.43. The Labute approximate surface area is 162 Å². The van der Waals surface area contributed by atoms with Gasteiger partial charge >= 0.3 is 11.9 Å². The SMILES string of the molecule is O=C(OC[C@@H]1[C@@H](O)C=CC(=O)[C@@H]1COC(=O)c1ccccc1)c1ccccc1. The lowest BCUT2D eigenvalue weighted by Crippen LogP contribution is -2.41. The summed E-state index contributed by atoms with van der Waals surface area (Å²) >= 11 is 0. The van der Waals surface area contributed by atoms with Crippen LogP contribution in [0.2, 0.25) is 0 Å². The average Bonchev–Trinajstić information content (AvgIpc) is 2.74. The van der Waals surface area contributed by atoms with Gasteiger partial charge in [0.2, 0.25) is 0 Å². The number of allylic oxidation sites excluding steroid dienone is 1.